The molecule has 1 aromatic rings. The highest BCUT2D eigenvalue weighted by Gasteiger charge is 2.26. The van der Waals surface area contributed by atoms with Crippen LogP contribution in [0.2, 0.25) is 0 Å². The molecule has 0 spiro atoms. The summed E-state index contributed by atoms with van der Waals surface area (Å²) >= 11 is 0. The number of aromatic nitrogens is 1. The molecule has 0 bridgehead atoms. The van der Waals surface area contributed by atoms with Crippen LogP contribution in [-0.2, 0) is 0 Å². The molecule has 0 aromatic carbocycles. The Bertz CT molecular complexity index is 464. The Balaban J connectivity index is 1.86. The molecule has 7 heteroatoms. The highest BCUT2D eigenvalue weighted by atomic mass is 19.4. The second-order valence-electron chi connectivity index (χ2n) is 5.26. The van der Waals surface area contributed by atoms with E-state index in [1.165, 1.54) is 0 Å². The third kappa shape index (κ3) is 4.77. The minimum absolute atomic E-state index is 0.0374. The summed E-state index contributed by atoms with van der Waals surface area (Å²) < 4.78 is 38.0. The van der Waals surface area contributed by atoms with Crippen LogP contribution in [0.3, 0.4) is 0 Å². The SMILES string of the molecule is O=C(NCCCC(F)(F)F)c1cccn1C1CCNCC1. The second kappa shape index (κ2) is 6.98. The van der Waals surface area contributed by atoms with Gasteiger partial charge in [0.2, 0.25) is 0 Å². The first kappa shape index (κ1) is 15.9. The molecular formula is C14H20F3N3O. The van der Waals surface area contributed by atoms with E-state index in [1.807, 2.05) is 10.8 Å². The number of carbonyl (C=O) groups is 1. The molecule has 21 heavy (non-hydrogen) atoms. The van der Waals surface area contributed by atoms with Crippen LogP contribution in [0, 0.1) is 0 Å². The summed E-state index contributed by atoms with van der Waals surface area (Å²) in [5.74, 6) is -0.305. The van der Waals surface area contributed by atoms with Crippen LogP contribution < -0.4 is 10.6 Å². The monoisotopic (exact) mass is 303 g/mol. The largest absolute Gasteiger partial charge is 0.389 e. The van der Waals surface area contributed by atoms with E-state index in [0.29, 0.717) is 5.69 Å². The van der Waals surface area contributed by atoms with Crippen LogP contribution in [0.4, 0.5) is 13.2 Å². The molecule has 1 fully saturated rings. The molecule has 2 N–H and O–H groups in total. The minimum Gasteiger partial charge on any atom is -0.351 e. The lowest BCUT2D eigenvalue weighted by molar-refractivity contribution is -0.135. The van der Waals surface area contributed by atoms with E-state index in [4.69, 9.17) is 0 Å². The minimum atomic E-state index is -4.17. The molecule has 2 heterocycles. The molecule has 1 aromatic heterocycles. The van der Waals surface area contributed by atoms with Gasteiger partial charge in [-0.25, -0.2) is 0 Å². The van der Waals surface area contributed by atoms with E-state index in [1.54, 1.807) is 12.1 Å². The van der Waals surface area contributed by atoms with Gasteiger partial charge in [-0.1, -0.05) is 0 Å². The van der Waals surface area contributed by atoms with E-state index < -0.39 is 12.6 Å². The lowest BCUT2D eigenvalue weighted by atomic mass is 10.1. The van der Waals surface area contributed by atoms with Crippen LogP contribution in [-0.4, -0.2) is 36.3 Å². The molecule has 1 aliphatic rings. The number of alkyl halides is 3. The number of hydrogen-bond acceptors (Lipinski definition) is 2. The topological polar surface area (TPSA) is 46.1 Å². The Morgan fingerprint density at radius 3 is 2.76 bits per heavy atom. The van der Waals surface area contributed by atoms with Gasteiger partial charge in [-0.15, -0.1) is 0 Å². The Morgan fingerprint density at radius 2 is 2.10 bits per heavy atom. The van der Waals surface area contributed by atoms with Gasteiger partial charge in [0.05, 0.1) is 0 Å². The Hall–Kier alpha value is -1.50. The number of hydrogen-bond donors (Lipinski definition) is 2. The summed E-state index contributed by atoms with van der Waals surface area (Å²) in [5, 5.41) is 5.82. The zero-order chi connectivity index (χ0) is 15.3. The maximum atomic E-state index is 12.1. The van der Waals surface area contributed by atoms with Crippen molar-refractivity contribution < 1.29 is 18.0 Å². The quantitative estimate of drug-likeness (QED) is 0.821. The van der Waals surface area contributed by atoms with Crippen molar-refractivity contribution in [2.45, 2.75) is 37.9 Å². The summed E-state index contributed by atoms with van der Waals surface area (Å²) in [5.41, 5.74) is 0.522. The maximum Gasteiger partial charge on any atom is 0.389 e. The molecule has 0 atom stereocenters. The lowest BCUT2D eigenvalue weighted by Gasteiger charge is -2.25. The first-order chi connectivity index (χ1) is 9.97. The number of rotatable bonds is 5. The second-order valence-corrected chi connectivity index (χ2v) is 5.26. The molecule has 0 unspecified atom stereocenters. The average molecular weight is 303 g/mol. The van der Waals surface area contributed by atoms with Crippen molar-refractivity contribution in [3.8, 4) is 0 Å². The normalized spacial score (nSPS) is 16.9. The van der Waals surface area contributed by atoms with Gasteiger partial charge in [-0.05, 0) is 44.5 Å². The third-order valence-electron chi connectivity index (χ3n) is 3.64. The van der Waals surface area contributed by atoms with Crippen molar-refractivity contribution in [1.82, 2.24) is 15.2 Å². The Labute approximate surface area is 121 Å². The van der Waals surface area contributed by atoms with E-state index in [9.17, 15) is 18.0 Å². The van der Waals surface area contributed by atoms with Crippen molar-refractivity contribution >= 4 is 5.91 Å². The van der Waals surface area contributed by atoms with Gasteiger partial charge in [0, 0.05) is 25.2 Å². The van der Waals surface area contributed by atoms with Gasteiger partial charge in [0.1, 0.15) is 5.69 Å². The highest BCUT2D eigenvalue weighted by molar-refractivity contribution is 5.92. The zero-order valence-electron chi connectivity index (χ0n) is 11.7. The Morgan fingerprint density at radius 1 is 1.38 bits per heavy atom. The first-order valence-electron chi connectivity index (χ1n) is 7.20. The molecule has 4 nitrogen and oxygen atoms in total. The Kier molecular flexibility index (Phi) is 5.27. The van der Waals surface area contributed by atoms with Gasteiger partial charge >= 0.3 is 6.18 Å². The van der Waals surface area contributed by atoms with Gasteiger partial charge in [-0.3, -0.25) is 4.79 Å². The number of nitrogens with zero attached hydrogens (tertiary/aromatic N) is 1. The average Bonchev–Trinajstić information content (AvgIpc) is 2.93. The van der Waals surface area contributed by atoms with Crippen LogP contribution >= 0.6 is 0 Å². The summed E-state index contributed by atoms with van der Waals surface area (Å²) in [7, 11) is 0. The van der Waals surface area contributed by atoms with Crippen LogP contribution in [0.15, 0.2) is 18.3 Å². The lowest BCUT2D eigenvalue weighted by Crippen LogP contribution is -2.32. The van der Waals surface area contributed by atoms with Crippen LogP contribution in [0.5, 0.6) is 0 Å². The van der Waals surface area contributed by atoms with Gasteiger partial charge in [0.25, 0.3) is 5.91 Å². The van der Waals surface area contributed by atoms with E-state index in [2.05, 4.69) is 10.6 Å². The van der Waals surface area contributed by atoms with E-state index >= 15 is 0 Å². The molecular weight excluding hydrogens is 283 g/mol. The number of carbonyl (C=O) groups excluding carboxylic acids is 1. The molecule has 1 aliphatic heterocycles. The molecule has 0 saturated carbocycles. The van der Waals surface area contributed by atoms with Crippen molar-refractivity contribution in [2.24, 2.45) is 0 Å². The fraction of sp³-hybridized carbons (Fsp3) is 0.643. The smallest absolute Gasteiger partial charge is 0.351 e. The van der Waals surface area contributed by atoms with Crippen molar-refractivity contribution in [1.29, 1.82) is 0 Å². The predicted molar refractivity (Wildman–Crippen MR) is 73.2 cm³/mol. The van der Waals surface area contributed by atoms with Gasteiger partial charge in [0.15, 0.2) is 0 Å². The van der Waals surface area contributed by atoms with Crippen LogP contribution in [0.25, 0.3) is 0 Å². The third-order valence-corrected chi connectivity index (χ3v) is 3.64. The molecule has 2 rings (SSSR count). The number of nitrogens with one attached hydrogen (secondary N) is 2. The number of piperidine rings is 1. The van der Waals surface area contributed by atoms with Crippen molar-refractivity contribution in [3.05, 3.63) is 24.0 Å². The summed E-state index contributed by atoms with van der Waals surface area (Å²) in [6.07, 6.45) is -1.38. The maximum absolute atomic E-state index is 12.1. The molecule has 0 radical (unpaired) electrons. The molecule has 1 amide bonds. The van der Waals surface area contributed by atoms with Crippen molar-refractivity contribution in [3.63, 3.8) is 0 Å². The number of amides is 1. The highest BCUT2D eigenvalue weighted by Crippen LogP contribution is 2.22. The van der Waals surface area contributed by atoms with E-state index in [-0.39, 0.29) is 24.9 Å². The van der Waals surface area contributed by atoms with Crippen molar-refractivity contribution in [2.75, 3.05) is 19.6 Å². The fourth-order valence-corrected chi connectivity index (χ4v) is 2.57. The van der Waals surface area contributed by atoms with Gasteiger partial charge < -0.3 is 15.2 Å². The molecule has 118 valence electrons. The first-order valence-corrected chi connectivity index (χ1v) is 7.20. The molecule has 1 saturated heterocycles. The standard InChI is InChI=1S/C14H20F3N3O/c15-14(16,17)6-2-7-19-13(21)12-3-1-10-20(12)11-4-8-18-9-5-11/h1,3,10-11,18H,2,4-9H2,(H,19,21). The van der Waals surface area contributed by atoms with E-state index in [0.717, 1.165) is 25.9 Å². The number of halogens is 3. The molecule has 0 aliphatic carbocycles. The van der Waals surface area contributed by atoms with Gasteiger partial charge in [-0.2, -0.15) is 13.2 Å². The predicted octanol–water partition coefficient (Wildman–Crippen LogP) is 2.48. The summed E-state index contributed by atoms with van der Waals surface area (Å²) in [4.78, 5) is 12.1. The summed E-state index contributed by atoms with van der Waals surface area (Å²) in [6, 6.07) is 3.78. The van der Waals surface area contributed by atoms with Crippen LogP contribution in [0.1, 0.15) is 42.2 Å². The fourth-order valence-electron chi connectivity index (χ4n) is 2.57. The zero-order valence-corrected chi connectivity index (χ0v) is 11.7. The summed E-state index contributed by atoms with van der Waals surface area (Å²) in [6.45, 7) is 1.86.